The van der Waals surface area contributed by atoms with Crippen molar-refractivity contribution in [1.82, 2.24) is 9.21 Å². The minimum atomic E-state index is -3.80. The van der Waals surface area contributed by atoms with Crippen molar-refractivity contribution in [2.75, 3.05) is 33.3 Å². The predicted octanol–water partition coefficient (Wildman–Crippen LogP) is 2.94. The number of hydrogen-bond acceptors (Lipinski definition) is 4. The first-order valence-electron chi connectivity index (χ1n) is 9.96. The normalized spacial score (nSPS) is 14.8. The van der Waals surface area contributed by atoms with Crippen molar-refractivity contribution in [2.45, 2.75) is 30.6 Å². The van der Waals surface area contributed by atoms with E-state index in [2.05, 4.69) is 0 Å². The van der Waals surface area contributed by atoms with E-state index in [-0.39, 0.29) is 23.9 Å². The van der Waals surface area contributed by atoms with E-state index in [9.17, 15) is 13.2 Å². The van der Waals surface area contributed by atoms with Crippen LogP contribution in [0, 0.1) is 0 Å². The van der Waals surface area contributed by atoms with E-state index < -0.39 is 10.0 Å². The van der Waals surface area contributed by atoms with Crippen LogP contribution in [0.1, 0.15) is 24.8 Å². The Hall–Kier alpha value is -2.38. The molecule has 0 saturated carbocycles. The Morgan fingerprint density at radius 1 is 1.00 bits per heavy atom. The molecule has 2 aromatic carbocycles. The Labute approximate surface area is 173 Å². The van der Waals surface area contributed by atoms with Crippen molar-refractivity contribution in [3.63, 3.8) is 0 Å². The molecule has 7 heteroatoms. The predicted molar refractivity (Wildman–Crippen MR) is 112 cm³/mol. The Kier molecular flexibility index (Phi) is 7.28. The van der Waals surface area contributed by atoms with E-state index in [1.54, 1.807) is 17.0 Å². The number of methoxy groups -OCH3 is 1. The lowest BCUT2D eigenvalue weighted by atomic mass is 10.1. The summed E-state index contributed by atoms with van der Waals surface area (Å²) in [5, 5.41) is 0. The maximum atomic E-state index is 13.3. The molecule has 0 bridgehead atoms. The molecule has 1 amide bonds. The Morgan fingerprint density at radius 3 is 2.28 bits per heavy atom. The van der Waals surface area contributed by atoms with Crippen molar-refractivity contribution in [1.29, 1.82) is 0 Å². The van der Waals surface area contributed by atoms with E-state index in [0.29, 0.717) is 25.3 Å². The molecule has 3 rings (SSSR count). The Balaban J connectivity index is 1.80. The van der Waals surface area contributed by atoms with Gasteiger partial charge in [-0.25, -0.2) is 8.42 Å². The molecule has 0 atom stereocenters. The second-order valence-corrected chi connectivity index (χ2v) is 9.13. The van der Waals surface area contributed by atoms with Gasteiger partial charge in [-0.1, -0.05) is 30.3 Å². The standard InChI is InChI=1S/C22H28N2O4S/c1-28-20-10-12-21(13-11-20)29(26,27)24(17-14-19-8-4-2-5-9-19)18-22(25)23-15-6-3-7-16-23/h2,4-5,8-13H,3,6-7,14-18H2,1H3. The van der Waals surface area contributed by atoms with E-state index in [1.165, 1.54) is 23.5 Å². The Morgan fingerprint density at radius 2 is 1.66 bits per heavy atom. The van der Waals surface area contributed by atoms with Crippen LogP contribution in [0.4, 0.5) is 0 Å². The molecule has 6 nitrogen and oxygen atoms in total. The van der Waals surface area contributed by atoms with Gasteiger partial charge in [0.25, 0.3) is 0 Å². The molecule has 0 aromatic heterocycles. The van der Waals surface area contributed by atoms with Crippen molar-refractivity contribution in [3.05, 3.63) is 60.2 Å². The lowest BCUT2D eigenvalue weighted by molar-refractivity contribution is -0.132. The minimum Gasteiger partial charge on any atom is -0.497 e. The molecular formula is C22H28N2O4S. The smallest absolute Gasteiger partial charge is 0.243 e. The number of likely N-dealkylation sites (tertiary alicyclic amines) is 1. The highest BCUT2D eigenvalue weighted by atomic mass is 32.2. The quantitative estimate of drug-likeness (QED) is 0.664. The minimum absolute atomic E-state index is 0.130. The van der Waals surface area contributed by atoms with E-state index in [0.717, 1.165) is 24.8 Å². The zero-order chi connectivity index (χ0) is 20.7. The van der Waals surface area contributed by atoms with Crippen molar-refractivity contribution < 1.29 is 17.9 Å². The topological polar surface area (TPSA) is 66.9 Å². The van der Waals surface area contributed by atoms with Gasteiger partial charge in [0.15, 0.2) is 0 Å². The number of piperidine rings is 1. The molecule has 1 heterocycles. The second kappa shape index (κ2) is 9.89. The van der Waals surface area contributed by atoms with Crippen LogP contribution in [-0.2, 0) is 21.2 Å². The molecule has 0 unspecified atom stereocenters. The van der Waals surface area contributed by atoms with E-state index >= 15 is 0 Å². The fraction of sp³-hybridized carbons (Fsp3) is 0.409. The van der Waals surface area contributed by atoms with Crippen molar-refractivity contribution in [3.8, 4) is 5.75 Å². The summed E-state index contributed by atoms with van der Waals surface area (Å²) in [6, 6.07) is 16.0. The first-order chi connectivity index (χ1) is 14.0. The third-order valence-corrected chi connectivity index (χ3v) is 7.07. The fourth-order valence-electron chi connectivity index (χ4n) is 3.47. The molecule has 0 spiro atoms. The molecule has 29 heavy (non-hydrogen) atoms. The van der Waals surface area contributed by atoms with Crippen LogP contribution in [0.3, 0.4) is 0 Å². The van der Waals surface area contributed by atoms with Crippen molar-refractivity contribution >= 4 is 15.9 Å². The summed E-state index contributed by atoms with van der Waals surface area (Å²) in [4.78, 5) is 14.7. The van der Waals surface area contributed by atoms with Gasteiger partial charge in [-0.15, -0.1) is 0 Å². The zero-order valence-corrected chi connectivity index (χ0v) is 17.6. The molecule has 0 radical (unpaired) electrons. The summed E-state index contributed by atoms with van der Waals surface area (Å²) < 4.78 is 33.0. The highest BCUT2D eigenvalue weighted by Crippen LogP contribution is 2.20. The highest BCUT2D eigenvalue weighted by Gasteiger charge is 2.28. The highest BCUT2D eigenvalue weighted by molar-refractivity contribution is 7.89. The summed E-state index contributed by atoms with van der Waals surface area (Å²) in [6.07, 6.45) is 3.61. The van der Waals surface area contributed by atoms with Gasteiger partial charge in [0.1, 0.15) is 5.75 Å². The monoisotopic (exact) mass is 416 g/mol. The summed E-state index contributed by atoms with van der Waals surface area (Å²) in [5.41, 5.74) is 1.04. The average Bonchev–Trinajstić information content (AvgIpc) is 2.77. The summed E-state index contributed by atoms with van der Waals surface area (Å²) in [7, 11) is -2.26. The average molecular weight is 417 g/mol. The van der Waals surface area contributed by atoms with Gasteiger partial charge in [0.05, 0.1) is 18.6 Å². The molecule has 2 aromatic rings. The summed E-state index contributed by atoms with van der Waals surface area (Å²) in [6.45, 7) is 1.51. The van der Waals surface area contributed by atoms with Gasteiger partial charge in [0.2, 0.25) is 15.9 Å². The number of sulfonamides is 1. The van der Waals surface area contributed by atoms with Crippen LogP contribution >= 0.6 is 0 Å². The molecule has 1 aliphatic rings. The number of nitrogens with zero attached hydrogens (tertiary/aromatic N) is 2. The third kappa shape index (κ3) is 5.58. The van der Waals surface area contributed by atoms with Crippen LogP contribution in [0.5, 0.6) is 5.75 Å². The maximum Gasteiger partial charge on any atom is 0.243 e. The van der Waals surface area contributed by atoms with Gasteiger partial charge >= 0.3 is 0 Å². The second-order valence-electron chi connectivity index (χ2n) is 7.19. The lowest BCUT2D eigenvalue weighted by Crippen LogP contribution is -2.45. The number of ether oxygens (including phenoxy) is 1. The molecule has 0 aliphatic carbocycles. The molecule has 0 N–H and O–H groups in total. The number of hydrogen-bond donors (Lipinski definition) is 0. The summed E-state index contributed by atoms with van der Waals surface area (Å²) >= 11 is 0. The number of carbonyl (C=O) groups is 1. The number of rotatable bonds is 8. The van der Waals surface area contributed by atoms with E-state index in [4.69, 9.17) is 4.74 Å². The van der Waals surface area contributed by atoms with Gasteiger partial charge in [0, 0.05) is 19.6 Å². The van der Waals surface area contributed by atoms with Crippen LogP contribution in [0.25, 0.3) is 0 Å². The van der Waals surface area contributed by atoms with Crippen LogP contribution < -0.4 is 4.74 Å². The van der Waals surface area contributed by atoms with E-state index in [1.807, 2.05) is 30.3 Å². The zero-order valence-electron chi connectivity index (χ0n) is 16.8. The largest absolute Gasteiger partial charge is 0.497 e. The molecular weight excluding hydrogens is 388 g/mol. The molecule has 1 saturated heterocycles. The fourth-order valence-corrected chi connectivity index (χ4v) is 4.86. The van der Waals surface area contributed by atoms with Gasteiger partial charge < -0.3 is 9.64 Å². The van der Waals surface area contributed by atoms with Crippen LogP contribution in [0.2, 0.25) is 0 Å². The molecule has 1 aliphatic heterocycles. The van der Waals surface area contributed by atoms with Crippen LogP contribution in [-0.4, -0.2) is 56.8 Å². The SMILES string of the molecule is COc1ccc(S(=O)(=O)N(CCc2ccccc2)CC(=O)N2CCCCC2)cc1. The number of carbonyl (C=O) groups excluding carboxylic acids is 1. The van der Waals surface area contributed by atoms with Crippen LogP contribution in [0.15, 0.2) is 59.5 Å². The molecule has 156 valence electrons. The van der Waals surface area contributed by atoms with Gasteiger partial charge in [-0.3, -0.25) is 4.79 Å². The Bertz CT molecular complexity index is 892. The third-order valence-electron chi connectivity index (χ3n) is 5.21. The lowest BCUT2D eigenvalue weighted by Gasteiger charge is -2.29. The summed E-state index contributed by atoms with van der Waals surface area (Å²) in [5.74, 6) is 0.457. The maximum absolute atomic E-state index is 13.3. The van der Waals surface area contributed by atoms with Crippen molar-refractivity contribution in [2.24, 2.45) is 0 Å². The number of amides is 1. The first kappa shape index (κ1) is 21.3. The molecule has 1 fully saturated rings. The van der Waals surface area contributed by atoms with Gasteiger partial charge in [-0.2, -0.15) is 4.31 Å². The first-order valence-corrected chi connectivity index (χ1v) is 11.4. The number of benzene rings is 2. The van der Waals surface area contributed by atoms with Gasteiger partial charge in [-0.05, 0) is 55.5 Å².